The van der Waals surface area contributed by atoms with Gasteiger partial charge in [0.05, 0.1) is 12.2 Å². The van der Waals surface area contributed by atoms with Gasteiger partial charge in [-0.3, -0.25) is 0 Å². The Balaban J connectivity index is 3.28. The van der Waals surface area contributed by atoms with E-state index in [4.69, 9.17) is 16.3 Å². The molecule has 1 N–H and O–H groups in total. The molecule has 1 heterocycles. The number of carbonyl (C=O) groups excluding carboxylic acids is 1. The summed E-state index contributed by atoms with van der Waals surface area (Å²) in [6.07, 6.45) is 1.46. The highest BCUT2D eigenvalue weighted by Gasteiger charge is 2.19. The zero-order valence-corrected chi connectivity index (χ0v) is 10.7. The maximum Gasteiger partial charge on any atom is 0.362 e. The van der Waals surface area contributed by atoms with Gasteiger partial charge in [0.1, 0.15) is 5.15 Å². The molecule has 18 heavy (non-hydrogen) atoms. The first-order valence-corrected chi connectivity index (χ1v) is 5.50. The molecule has 0 atom stereocenters. The fraction of sp³-hybridized carbons (Fsp3) is 0.273. The van der Waals surface area contributed by atoms with E-state index in [2.05, 4.69) is 15.2 Å². The van der Waals surface area contributed by atoms with E-state index in [0.29, 0.717) is 0 Å². The van der Waals surface area contributed by atoms with Crippen LogP contribution in [0.2, 0.25) is 5.15 Å². The number of aromatic nitrogens is 1. The summed E-state index contributed by atoms with van der Waals surface area (Å²) in [5, 5.41) is 17.1. The quantitative estimate of drug-likeness (QED) is 0.299. The molecule has 1 aromatic heterocycles. The van der Waals surface area contributed by atoms with E-state index in [9.17, 15) is 9.90 Å². The Morgan fingerprint density at radius 2 is 2.33 bits per heavy atom. The van der Waals surface area contributed by atoms with Gasteiger partial charge in [0.15, 0.2) is 5.76 Å². The van der Waals surface area contributed by atoms with Crippen molar-refractivity contribution in [1.82, 2.24) is 4.98 Å². The Morgan fingerprint density at radius 3 is 2.89 bits per heavy atom. The molecule has 0 unspecified atom stereocenters. The SMILES string of the molecule is CCOC(=O)/C(N=NC)=C(\O)c1cccnc1Cl. The molecule has 0 fully saturated rings. The lowest BCUT2D eigenvalue weighted by Crippen LogP contribution is -2.08. The average molecular weight is 270 g/mol. The van der Waals surface area contributed by atoms with Gasteiger partial charge in [0.2, 0.25) is 5.70 Å². The van der Waals surface area contributed by atoms with Crippen molar-refractivity contribution in [2.75, 3.05) is 13.7 Å². The van der Waals surface area contributed by atoms with Crippen LogP contribution in [0, 0.1) is 0 Å². The number of ether oxygens (including phenoxy) is 1. The van der Waals surface area contributed by atoms with E-state index in [0.717, 1.165) is 0 Å². The van der Waals surface area contributed by atoms with Gasteiger partial charge in [-0.25, -0.2) is 9.78 Å². The minimum absolute atomic E-state index is 0.0584. The summed E-state index contributed by atoms with van der Waals surface area (Å²) in [5.41, 5.74) is -0.121. The van der Waals surface area contributed by atoms with Gasteiger partial charge >= 0.3 is 5.97 Å². The molecule has 96 valence electrons. The zero-order valence-electron chi connectivity index (χ0n) is 9.92. The molecule has 0 spiro atoms. The number of nitrogens with zero attached hydrogens (tertiary/aromatic N) is 3. The molecule has 0 saturated heterocycles. The first-order valence-electron chi connectivity index (χ1n) is 5.12. The number of halogens is 1. The summed E-state index contributed by atoms with van der Waals surface area (Å²) in [6.45, 7) is 1.81. The maximum atomic E-state index is 11.6. The molecule has 7 heteroatoms. The van der Waals surface area contributed by atoms with E-state index in [-0.39, 0.29) is 23.0 Å². The average Bonchev–Trinajstić information content (AvgIpc) is 2.36. The molecule has 0 aliphatic heterocycles. The lowest BCUT2D eigenvalue weighted by molar-refractivity contribution is -0.138. The van der Waals surface area contributed by atoms with Gasteiger partial charge in [0.25, 0.3) is 0 Å². The number of pyridine rings is 1. The second kappa shape index (κ2) is 6.70. The van der Waals surface area contributed by atoms with Crippen LogP contribution < -0.4 is 0 Å². The second-order valence-electron chi connectivity index (χ2n) is 3.06. The van der Waals surface area contributed by atoms with Crippen LogP contribution in [-0.4, -0.2) is 29.7 Å². The van der Waals surface area contributed by atoms with Crippen molar-refractivity contribution in [3.8, 4) is 0 Å². The van der Waals surface area contributed by atoms with Crippen molar-refractivity contribution in [3.05, 3.63) is 34.7 Å². The van der Waals surface area contributed by atoms with Crippen molar-refractivity contribution in [2.24, 2.45) is 10.2 Å². The highest BCUT2D eigenvalue weighted by Crippen LogP contribution is 2.23. The van der Waals surface area contributed by atoms with E-state index in [1.165, 1.54) is 19.3 Å². The van der Waals surface area contributed by atoms with Crippen molar-refractivity contribution >= 4 is 23.3 Å². The van der Waals surface area contributed by atoms with Gasteiger partial charge < -0.3 is 9.84 Å². The highest BCUT2D eigenvalue weighted by atomic mass is 35.5. The Kier molecular flexibility index (Phi) is 5.26. The fourth-order valence-corrected chi connectivity index (χ4v) is 1.38. The lowest BCUT2D eigenvalue weighted by Gasteiger charge is -2.06. The third-order valence-electron chi connectivity index (χ3n) is 1.91. The summed E-state index contributed by atoms with van der Waals surface area (Å²) in [7, 11) is 1.37. The number of carbonyl (C=O) groups is 1. The van der Waals surface area contributed by atoms with Crippen LogP contribution in [0.5, 0.6) is 0 Å². The molecule has 0 aliphatic carbocycles. The third-order valence-corrected chi connectivity index (χ3v) is 2.21. The summed E-state index contributed by atoms with van der Waals surface area (Å²) in [4.78, 5) is 15.4. The number of aliphatic hydroxyl groups excluding tert-OH is 1. The predicted molar refractivity (Wildman–Crippen MR) is 66.2 cm³/mol. The molecule has 1 rings (SSSR count). The van der Waals surface area contributed by atoms with Gasteiger partial charge in [-0.05, 0) is 19.1 Å². The van der Waals surface area contributed by atoms with Gasteiger partial charge in [-0.15, -0.1) is 5.11 Å². The Morgan fingerprint density at radius 1 is 1.61 bits per heavy atom. The van der Waals surface area contributed by atoms with Gasteiger partial charge in [0, 0.05) is 13.2 Å². The molecule has 0 amide bonds. The number of hydrogen-bond acceptors (Lipinski definition) is 6. The van der Waals surface area contributed by atoms with Crippen LogP contribution in [0.1, 0.15) is 12.5 Å². The van der Waals surface area contributed by atoms with Crippen molar-refractivity contribution in [3.63, 3.8) is 0 Å². The minimum Gasteiger partial charge on any atom is -0.505 e. The summed E-state index contributed by atoms with van der Waals surface area (Å²) in [5.74, 6) is -1.20. The summed E-state index contributed by atoms with van der Waals surface area (Å²) < 4.78 is 4.77. The number of aliphatic hydroxyl groups is 1. The number of esters is 1. The smallest absolute Gasteiger partial charge is 0.362 e. The predicted octanol–water partition coefficient (Wildman–Crippen LogP) is 2.61. The summed E-state index contributed by atoms with van der Waals surface area (Å²) in [6, 6.07) is 3.08. The minimum atomic E-state index is -0.777. The van der Waals surface area contributed by atoms with Gasteiger partial charge in [-0.1, -0.05) is 11.6 Å². The van der Waals surface area contributed by atoms with Gasteiger partial charge in [-0.2, -0.15) is 5.11 Å². The van der Waals surface area contributed by atoms with Crippen molar-refractivity contribution in [1.29, 1.82) is 0 Å². The molecule has 0 aromatic carbocycles. The molecular formula is C11H12ClN3O3. The summed E-state index contributed by atoms with van der Waals surface area (Å²) >= 11 is 5.82. The normalized spacial score (nSPS) is 12.4. The number of rotatable bonds is 4. The first-order chi connectivity index (χ1) is 8.61. The van der Waals surface area contributed by atoms with Crippen LogP contribution in [0.25, 0.3) is 5.76 Å². The Bertz CT molecular complexity index is 500. The monoisotopic (exact) mass is 269 g/mol. The molecular weight excluding hydrogens is 258 g/mol. The van der Waals surface area contributed by atoms with Crippen LogP contribution >= 0.6 is 11.6 Å². The fourth-order valence-electron chi connectivity index (χ4n) is 1.17. The first kappa shape index (κ1) is 14.1. The highest BCUT2D eigenvalue weighted by molar-refractivity contribution is 6.31. The van der Waals surface area contributed by atoms with Crippen LogP contribution in [0.3, 0.4) is 0 Å². The number of hydrogen-bond donors (Lipinski definition) is 1. The van der Waals surface area contributed by atoms with E-state index >= 15 is 0 Å². The van der Waals surface area contributed by atoms with Crippen molar-refractivity contribution in [2.45, 2.75) is 6.92 Å². The largest absolute Gasteiger partial charge is 0.505 e. The maximum absolute atomic E-state index is 11.6. The molecule has 0 radical (unpaired) electrons. The second-order valence-corrected chi connectivity index (χ2v) is 3.42. The molecule has 1 aromatic rings. The molecule has 6 nitrogen and oxygen atoms in total. The topological polar surface area (TPSA) is 84.1 Å². The van der Waals surface area contributed by atoms with Crippen molar-refractivity contribution < 1.29 is 14.6 Å². The van der Waals surface area contributed by atoms with E-state index in [1.54, 1.807) is 13.0 Å². The molecule has 0 saturated carbocycles. The van der Waals surface area contributed by atoms with Crippen LogP contribution in [-0.2, 0) is 9.53 Å². The Hall–Kier alpha value is -1.95. The van der Waals surface area contributed by atoms with Crippen LogP contribution in [0.15, 0.2) is 34.3 Å². The standard InChI is InChI=1S/C11H12ClN3O3/c1-3-18-11(17)8(15-13-2)9(16)7-5-4-6-14-10(7)12/h4-6,16H,3H2,1-2H3/b9-8+,15-13?. The van der Waals surface area contributed by atoms with Crippen LogP contribution in [0.4, 0.5) is 0 Å². The Labute approximate surface area is 109 Å². The molecule has 0 aliphatic rings. The van der Waals surface area contributed by atoms with E-state index in [1.807, 2.05) is 0 Å². The zero-order chi connectivity index (χ0) is 13.5. The van der Waals surface area contributed by atoms with E-state index < -0.39 is 11.7 Å². The molecule has 0 bridgehead atoms. The lowest BCUT2D eigenvalue weighted by atomic mass is 10.2. The third kappa shape index (κ3) is 3.27. The number of azo groups is 1.